The van der Waals surface area contributed by atoms with Gasteiger partial charge in [0.15, 0.2) is 5.58 Å². The lowest BCUT2D eigenvalue weighted by Crippen LogP contribution is -2.33. The standard InChI is InChI=1S/C15H20N2O2/c1-15(2,3)14-17-11-8-10(4-5-12(11)19-14)13-9-16-6-7-18-13/h4-5,8,13,16H,6-7,9H2,1-3H3. The van der Waals surface area contributed by atoms with E-state index in [4.69, 9.17) is 9.15 Å². The largest absolute Gasteiger partial charge is 0.440 e. The number of hydrogen-bond donors (Lipinski definition) is 1. The number of nitrogens with zero attached hydrogens (tertiary/aromatic N) is 1. The van der Waals surface area contributed by atoms with Crippen molar-refractivity contribution in [2.75, 3.05) is 19.7 Å². The first-order valence-electron chi connectivity index (χ1n) is 6.77. The van der Waals surface area contributed by atoms with Crippen molar-refractivity contribution in [1.29, 1.82) is 0 Å². The Morgan fingerprint density at radius 1 is 1.32 bits per heavy atom. The van der Waals surface area contributed by atoms with Crippen molar-refractivity contribution in [1.82, 2.24) is 10.3 Å². The van der Waals surface area contributed by atoms with E-state index in [0.29, 0.717) is 0 Å². The maximum absolute atomic E-state index is 5.81. The molecule has 0 bridgehead atoms. The van der Waals surface area contributed by atoms with Crippen LogP contribution in [0, 0.1) is 0 Å². The smallest absolute Gasteiger partial charge is 0.200 e. The van der Waals surface area contributed by atoms with Crippen LogP contribution in [0.1, 0.15) is 38.3 Å². The van der Waals surface area contributed by atoms with Crippen molar-refractivity contribution >= 4 is 11.1 Å². The van der Waals surface area contributed by atoms with E-state index in [1.807, 2.05) is 6.07 Å². The summed E-state index contributed by atoms with van der Waals surface area (Å²) in [6.07, 6.45) is 0.118. The Hall–Kier alpha value is -1.39. The SMILES string of the molecule is CC(C)(C)c1nc2cc(C3CNCCO3)ccc2o1. The number of oxazole rings is 1. The van der Waals surface area contributed by atoms with Gasteiger partial charge in [-0.25, -0.2) is 4.98 Å². The van der Waals surface area contributed by atoms with Gasteiger partial charge in [0.05, 0.1) is 12.7 Å². The molecule has 102 valence electrons. The molecule has 0 radical (unpaired) electrons. The maximum Gasteiger partial charge on any atom is 0.200 e. The molecule has 2 heterocycles. The molecule has 0 amide bonds. The normalized spacial score (nSPS) is 20.9. The number of benzene rings is 1. The first kappa shape index (κ1) is 12.6. The zero-order valence-electron chi connectivity index (χ0n) is 11.7. The van der Waals surface area contributed by atoms with Crippen LogP contribution in [0.15, 0.2) is 22.6 Å². The van der Waals surface area contributed by atoms with Crippen LogP contribution >= 0.6 is 0 Å². The maximum atomic E-state index is 5.81. The van der Waals surface area contributed by atoms with E-state index < -0.39 is 0 Å². The van der Waals surface area contributed by atoms with Crippen molar-refractivity contribution in [3.05, 3.63) is 29.7 Å². The van der Waals surface area contributed by atoms with Crippen molar-refractivity contribution < 1.29 is 9.15 Å². The summed E-state index contributed by atoms with van der Waals surface area (Å²) in [6, 6.07) is 6.13. The Morgan fingerprint density at radius 2 is 2.16 bits per heavy atom. The fourth-order valence-corrected chi connectivity index (χ4v) is 2.25. The minimum absolute atomic E-state index is 0.0674. The van der Waals surface area contributed by atoms with Gasteiger partial charge >= 0.3 is 0 Å². The summed E-state index contributed by atoms with van der Waals surface area (Å²) in [5.41, 5.74) is 2.85. The molecule has 0 saturated carbocycles. The number of ether oxygens (including phenoxy) is 1. The topological polar surface area (TPSA) is 47.3 Å². The van der Waals surface area contributed by atoms with Crippen LogP contribution in [0.3, 0.4) is 0 Å². The van der Waals surface area contributed by atoms with Crippen LogP contribution in [0.2, 0.25) is 0 Å². The summed E-state index contributed by atoms with van der Waals surface area (Å²) in [5, 5.41) is 3.34. The minimum Gasteiger partial charge on any atom is -0.440 e. The molecule has 1 aliphatic heterocycles. The average Bonchev–Trinajstić information content (AvgIpc) is 2.82. The van der Waals surface area contributed by atoms with Gasteiger partial charge in [-0.2, -0.15) is 0 Å². The molecular weight excluding hydrogens is 240 g/mol. The lowest BCUT2D eigenvalue weighted by atomic mass is 9.97. The lowest BCUT2D eigenvalue weighted by Gasteiger charge is -2.23. The van der Waals surface area contributed by atoms with Gasteiger partial charge in [-0.05, 0) is 17.7 Å². The van der Waals surface area contributed by atoms with Crippen LogP contribution in [-0.4, -0.2) is 24.7 Å². The van der Waals surface area contributed by atoms with Gasteiger partial charge in [-0.1, -0.05) is 26.8 Å². The number of nitrogens with one attached hydrogen (secondary N) is 1. The summed E-state index contributed by atoms with van der Waals surface area (Å²) in [7, 11) is 0. The van der Waals surface area contributed by atoms with Gasteiger partial charge in [-0.15, -0.1) is 0 Å². The van der Waals surface area contributed by atoms with Crippen LogP contribution in [0.4, 0.5) is 0 Å². The molecule has 1 fully saturated rings. The molecule has 2 aromatic rings. The number of hydrogen-bond acceptors (Lipinski definition) is 4. The Bertz CT molecular complexity index is 577. The first-order valence-corrected chi connectivity index (χ1v) is 6.77. The summed E-state index contributed by atoms with van der Waals surface area (Å²) in [4.78, 5) is 4.60. The second kappa shape index (κ2) is 4.62. The van der Waals surface area contributed by atoms with E-state index in [9.17, 15) is 0 Å². The molecular formula is C15H20N2O2. The molecule has 0 aliphatic carbocycles. The molecule has 1 N–H and O–H groups in total. The molecule has 1 atom stereocenters. The molecule has 1 unspecified atom stereocenters. The second-order valence-electron chi connectivity index (χ2n) is 6.06. The van der Waals surface area contributed by atoms with E-state index in [1.165, 1.54) is 0 Å². The van der Waals surface area contributed by atoms with E-state index in [-0.39, 0.29) is 11.5 Å². The number of fused-ring (bicyclic) bond motifs is 1. The van der Waals surface area contributed by atoms with Gasteiger partial charge in [0.1, 0.15) is 5.52 Å². The van der Waals surface area contributed by atoms with Crippen LogP contribution in [-0.2, 0) is 10.2 Å². The molecule has 1 aromatic carbocycles. The Balaban J connectivity index is 1.96. The fraction of sp³-hybridized carbons (Fsp3) is 0.533. The summed E-state index contributed by atoms with van der Waals surface area (Å²) < 4.78 is 11.6. The third-order valence-electron chi connectivity index (χ3n) is 3.35. The highest BCUT2D eigenvalue weighted by atomic mass is 16.5. The molecule has 0 spiro atoms. The highest BCUT2D eigenvalue weighted by molar-refractivity contribution is 5.73. The van der Waals surface area contributed by atoms with Gasteiger partial charge < -0.3 is 14.5 Å². The molecule has 3 rings (SSSR count). The third kappa shape index (κ3) is 2.51. The quantitative estimate of drug-likeness (QED) is 0.856. The Morgan fingerprint density at radius 3 is 2.84 bits per heavy atom. The van der Waals surface area contributed by atoms with Gasteiger partial charge in [0.2, 0.25) is 5.89 Å². The van der Waals surface area contributed by atoms with Crippen LogP contribution in [0.25, 0.3) is 11.1 Å². The average molecular weight is 260 g/mol. The van der Waals surface area contributed by atoms with E-state index in [2.05, 4.69) is 43.2 Å². The first-order chi connectivity index (χ1) is 9.04. The second-order valence-corrected chi connectivity index (χ2v) is 6.06. The number of aromatic nitrogens is 1. The van der Waals surface area contributed by atoms with Gasteiger partial charge in [-0.3, -0.25) is 0 Å². The molecule has 1 saturated heterocycles. The number of morpholine rings is 1. The molecule has 4 heteroatoms. The van der Waals surface area contributed by atoms with Crippen molar-refractivity contribution in [3.8, 4) is 0 Å². The Kier molecular flexibility index (Phi) is 3.07. The van der Waals surface area contributed by atoms with Crippen molar-refractivity contribution in [3.63, 3.8) is 0 Å². The predicted molar refractivity (Wildman–Crippen MR) is 74.3 cm³/mol. The zero-order chi connectivity index (χ0) is 13.5. The summed E-state index contributed by atoms with van der Waals surface area (Å²) in [6.45, 7) is 8.85. The summed E-state index contributed by atoms with van der Waals surface area (Å²) in [5.74, 6) is 0.780. The number of rotatable bonds is 1. The predicted octanol–water partition coefficient (Wildman–Crippen LogP) is 2.79. The molecule has 1 aromatic heterocycles. The minimum atomic E-state index is -0.0674. The Labute approximate surface area is 113 Å². The van der Waals surface area contributed by atoms with E-state index in [1.54, 1.807) is 0 Å². The van der Waals surface area contributed by atoms with Gasteiger partial charge in [0.25, 0.3) is 0 Å². The van der Waals surface area contributed by atoms with E-state index >= 15 is 0 Å². The highest BCUT2D eigenvalue weighted by Crippen LogP contribution is 2.28. The zero-order valence-corrected chi connectivity index (χ0v) is 11.7. The molecule has 19 heavy (non-hydrogen) atoms. The van der Waals surface area contributed by atoms with Crippen LogP contribution < -0.4 is 5.32 Å². The van der Waals surface area contributed by atoms with Crippen molar-refractivity contribution in [2.45, 2.75) is 32.3 Å². The van der Waals surface area contributed by atoms with E-state index in [0.717, 1.165) is 42.3 Å². The molecule has 4 nitrogen and oxygen atoms in total. The molecule has 1 aliphatic rings. The third-order valence-corrected chi connectivity index (χ3v) is 3.35. The van der Waals surface area contributed by atoms with Crippen molar-refractivity contribution in [2.24, 2.45) is 0 Å². The highest BCUT2D eigenvalue weighted by Gasteiger charge is 2.22. The van der Waals surface area contributed by atoms with Gasteiger partial charge in [0, 0.05) is 18.5 Å². The monoisotopic (exact) mass is 260 g/mol. The lowest BCUT2D eigenvalue weighted by molar-refractivity contribution is 0.0278. The summed E-state index contributed by atoms with van der Waals surface area (Å²) >= 11 is 0. The fourth-order valence-electron chi connectivity index (χ4n) is 2.25. The van der Waals surface area contributed by atoms with Crippen LogP contribution in [0.5, 0.6) is 0 Å².